The summed E-state index contributed by atoms with van der Waals surface area (Å²) in [7, 11) is -3.74. The monoisotopic (exact) mass is 414 g/mol. The maximum atomic E-state index is 12.7. The molecule has 28 heavy (non-hydrogen) atoms. The van der Waals surface area contributed by atoms with Gasteiger partial charge in [-0.25, -0.2) is 8.42 Å². The van der Waals surface area contributed by atoms with Gasteiger partial charge in [-0.05, 0) is 73.5 Å². The van der Waals surface area contributed by atoms with Crippen molar-refractivity contribution < 1.29 is 13.2 Å². The first-order valence-electron chi connectivity index (χ1n) is 8.52. The third-order valence-electron chi connectivity index (χ3n) is 4.25. The average molecular weight is 415 g/mol. The summed E-state index contributed by atoms with van der Waals surface area (Å²) in [5.74, 6) is -0.298. The number of hydrogen-bond donors (Lipinski definition) is 2. The van der Waals surface area contributed by atoms with Crippen molar-refractivity contribution in [2.24, 2.45) is 0 Å². The van der Waals surface area contributed by atoms with Crippen molar-refractivity contribution in [3.63, 3.8) is 0 Å². The Kier molecular flexibility index (Phi) is 5.72. The molecule has 7 heteroatoms. The molecule has 0 atom stereocenters. The second-order valence-corrected chi connectivity index (χ2v) is 8.48. The number of nitrogens with one attached hydrogen (secondary N) is 2. The van der Waals surface area contributed by atoms with Crippen LogP contribution in [0.15, 0.2) is 71.6 Å². The lowest BCUT2D eigenvalue weighted by atomic mass is 10.1. The molecule has 0 aliphatic heterocycles. The fraction of sp³-hybridized carbons (Fsp3) is 0.0952. The van der Waals surface area contributed by atoms with Crippen LogP contribution in [0.2, 0.25) is 5.02 Å². The largest absolute Gasteiger partial charge is 0.322 e. The van der Waals surface area contributed by atoms with Crippen molar-refractivity contribution in [3.8, 4) is 0 Å². The van der Waals surface area contributed by atoms with Gasteiger partial charge in [0.1, 0.15) is 0 Å². The molecule has 0 bridgehead atoms. The lowest BCUT2D eigenvalue weighted by Crippen LogP contribution is -2.15. The summed E-state index contributed by atoms with van der Waals surface area (Å²) in [5, 5.41) is 3.33. The first-order valence-corrected chi connectivity index (χ1v) is 10.4. The van der Waals surface area contributed by atoms with Gasteiger partial charge in [0.15, 0.2) is 0 Å². The second-order valence-electron chi connectivity index (χ2n) is 6.36. The zero-order valence-corrected chi connectivity index (χ0v) is 16.9. The van der Waals surface area contributed by atoms with Crippen molar-refractivity contribution in [1.29, 1.82) is 0 Å². The van der Waals surface area contributed by atoms with Crippen molar-refractivity contribution in [2.75, 3.05) is 10.0 Å². The summed E-state index contributed by atoms with van der Waals surface area (Å²) >= 11 is 5.84. The van der Waals surface area contributed by atoms with E-state index >= 15 is 0 Å². The minimum absolute atomic E-state index is 0.123. The number of carbonyl (C=O) groups is 1. The molecule has 0 heterocycles. The Labute approximate surface area is 169 Å². The van der Waals surface area contributed by atoms with E-state index in [1.807, 2.05) is 19.1 Å². The number of carbonyl (C=O) groups excluding carboxylic acids is 1. The lowest BCUT2D eigenvalue weighted by molar-refractivity contribution is 0.102. The molecule has 0 saturated carbocycles. The molecule has 0 fully saturated rings. The molecule has 3 aromatic carbocycles. The van der Waals surface area contributed by atoms with Gasteiger partial charge in [-0.3, -0.25) is 9.52 Å². The molecule has 0 spiro atoms. The Bertz CT molecular complexity index is 1130. The first kappa shape index (κ1) is 19.9. The quantitative estimate of drug-likeness (QED) is 0.616. The molecule has 0 saturated heterocycles. The maximum absolute atomic E-state index is 12.7. The fourth-order valence-electron chi connectivity index (χ4n) is 2.63. The Morgan fingerprint density at radius 1 is 0.857 bits per heavy atom. The average Bonchev–Trinajstić information content (AvgIpc) is 2.65. The Morgan fingerprint density at radius 2 is 1.54 bits per heavy atom. The van der Waals surface area contributed by atoms with Gasteiger partial charge in [0.05, 0.1) is 10.6 Å². The highest BCUT2D eigenvalue weighted by Crippen LogP contribution is 2.24. The maximum Gasteiger partial charge on any atom is 0.261 e. The number of sulfonamides is 1. The van der Waals surface area contributed by atoms with Crippen molar-refractivity contribution in [3.05, 3.63) is 88.4 Å². The third kappa shape index (κ3) is 4.52. The predicted molar refractivity (Wildman–Crippen MR) is 113 cm³/mol. The van der Waals surface area contributed by atoms with Gasteiger partial charge in [-0.1, -0.05) is 29.8 Å². The smallest absolute Gasteiger partial charge is 0.261 e. The molecule has 0 radical (unpaired) electrons. The van der Waals surface area contributed by atoms with Crippen LogP contribution in [-0.4, -0.2) is 14.3 Å². The van der Waals surface area contributed by atoms with Crippen molar-refractivity contribution >= 4 is 38.9 Å². The Hall–Kier alpha value is -2.83. The van der Waals surface area contributed by atoms with E-state index in [0.29, 0.717) is 27.5 Å². The predicted octanol–water partition coefficient (Wildman–Crippen LogP) is 5.01. The van der Waals surface area contributed by atoms with Gasteiger partial charge in [0.25, 0.3) is 15.9 Å². The highest BCUT2D eigenvalue weighted by molar-refractivity contribution is 7.92. The highest BCUT2D eigenvalue weighted by atomic mass is 35.5. The van der Waals surface area contributed by atoms with Gasteiger partial charge < -0.3 is 5.32 Å². The normalized spacial score (nSPS) is 11.1. The SMILES string of the molecule is Cc1cc(S(=O)(=O)Nc2ccccc2C)ccc1NC(=O)c1ccc(Cl)cc1. The van der Waals surface area contributed by atoms with E-state index in [1.54, 1.807) is 49.4 Å². The molecule has 0 aliphatic carbocycles. The standard InChI is InChI=1S/C21H19ClN2O3S/c1-14-5-3-4-6-20(14)24-28(26,27)18-11-12-19(15(2)13-18)23-21(25)16-7-9-17(22)10-8-16/h3-13,24H,1-2H3,(H,23,25). The molecule has 2 N–H and O–H groups in total. The van der Waals surface area contributed by atoms with E-state index < -0.39 is 10.0 Å². The van der Waals surface area contributed by atoms with Gasteiger partial charge in [-0.2, -0.15) is 0 Å². The van der Waals surface area contributed by atoms with Crippen LogP contribution in [0.25, 0.3) is 0 Å². The number of hydrogen-bond acceptors (Lipinski definition) is 3. The van der Waals surface area contributed by atoms with Gasteiger partial charge in [0, 0.05) is 16.3 Å². The van der Waals surface area contributed by atoms with E-state index in [0.717, 1.165) is 5.56 Å². The van der Waals surface area contributed by atoms with Crippen LogP contribution in [-0.2, 0) is 10.0 Å². The van der Waals surface area contributed by atoms with Crippen LogP contribution >= 0.6 is 11.6 Å². The zero-order valence-electron chi connectivity index (χ0n) is 15.4. The van der Waals surface area contributed by atoms with Crippen LogP contribution in [0.4, 0.5) is 11.4 Å². The molecular weight excluding hydrogens is 396 g/mol. The summed E-state index contributed by atoms with van der Waals surface area (Å²) in [4.78, 5) is 12.5. The van der Waals surface area contributed by atoms with Gasteiger partial charge in [-0.15, -0.1) is 0 Å². The highest BCUT2D eigenvalue weighted by Gasteiger charge is 2.17. The van der Waals surface area contributed by atoms with Crippen LogP contribution in [0.1, 0.15) is 21.5 Å². The van der Waals surface area contributed by atoms with Crippen molar-refractivity contribution in [2.45, 2.75) is 18.7 Å². The molecule has 0 aromatic heterocycles. The Balaban J connectivity index is 1.80. The number of benzene rings is 3. The summed E-state index contributed by atoms with van der Waals surface area (Å²) in [5.41, 5.74) is 2.99. The lowest BCUT2D eigenvalue weighted by Gasteiger charge is -2.13. The number of aryl methyl sites for hydroxylation is 2. The molecule has 0 unspecified atom stereocenters. The minimum atomic E-state index is -3.74. The number of anilines is 2. The molecule has 144 valence electrons. The summed E-state index contributed by atoms with van der Waals surface area (Å²) in [6, 6.07) is 18.2. The third-order valence-corrected chi connectivity index (χ3v) is 5.87. The van der Waals surface area contributed by atoms with E-state index in [9.17, 15) is 13.2 Å². The van der Waals surface area contributed by atoms with Crippen LogP contribution in [0.5, 0.6) is 0 Å². The number of para-hydroxylation sites is 1. The molecular formula is C21H19ClN2O3S. The number of amides is 1. The van der Waals surface area contributed by atoms with E-state index in [4.69, 9.17) is 11.6 Å². The zero-order chi connectivity index (χ0) is 20.3. The summed E-state index contributed by atoms with van der Waals surface area (Å²) in [6.45, 7) is 3.57. The minimum Gasteiger partial charge on any atom is -0.322 e. The van der Waals surface area contributed by atoms with E-state index in [-0.39, 0.29) is 10.8 Å². The molecule has 5 nitrogen and oxygen atoms in total. The molecule has 1 amide bonds. The molecule has 3 aromatic rings. The van der Waals surface area contributed by atoms with E-state index in [1.165, 1.54) is 12.1 Å². The number of halogens is 1. The van der Waals surface area contributed by atoms with E-state index in [2.05, 4.69) is 10.0 Å². The van der Waals surface area contributed by atoms with Gasteiger partial charge >= 0.3 is 0 Å². The van der Waals surface area contributed by atoms with Crippen LogP contribution in [0.3, 0.4) is 0 Å². The summed E-state index contributed by atoms with van der Waals surface area (Å²) in [6.07, 6.45) is 0. The Morgan fingerprint density at radius 3 is 2.18 bits per heavy atom. The first-order chi connectivity index (χ1) is 13.3. The summed E-state index contributed by atoms with van der Waals surface area (Å²) < 4.78 is 28.0. The van der Waals surface area contributed by atoms with Gasteiger partial charge in [0.2, 0.25) is 0 Å². The fourth-order valence-corrected chi connectivity index (χ4v) is 3.97. The topological polar surface area (TPSA) is 75.3 Å². The molecule has 3 rings (SSSR count). The van der Waals surface area contributed by atoms with Crippen LogP contribution in [0, 0.1) is 13.8 Å². The van der Waals surface area contributed by atoms with Crippen molar-refractivity contribution in [1.82, 2.24) is 0 Å². The van der Waals surface area contributed by atoms with Crippen LogP contribution < -0.4 is 10.0 Å². The number of rotatable bonds is 5. The molecule has 0 aliphatic rings. The second kappa shape index (κ2) is 8.04.